The second-order valence-electron chi connectivity index (χ2n) is 8.00. The van der Waals surface area contributed by atoms with Crippen LogP contribution in [0.4, 0.5) is 5.69 Å². The topological polar surface area (TPSA) is 28.1 Å². The zero-order valence-corrected chi connectivity index (χ0v) is 18.8. The average Bonchev–Trinajstić information content (AvgIpc) is 2.85. The molecule has 0 bridgehead atoms. The van der Waals surface area contributed by atoms with Crippen molar-refractivity contribution in [3.05, 3.63) is 95.6 Å². The van der Waals surface area contributed by atoms with Crippen LogP contribution in [-0.4, -0.2) is 48.9 Å². The van der Waals surface area contributed by atoms with Gasteiger partial charge in [-0.1, -0.05) is 53.9 Å². The summed E-state index contributed by atoms with van der Waals surface area (Å²) in [7, 11) is 1.67. The monoisotopic (exact) mass is 423 g/mol. The third-order valence-corrected chi connectivity index (χ3v) is 5.60. The Balaban J connectivity index is 1.49. The van der Waals surface area contributed by atoms with Crippen molar-refractivity contribution in [2.45, 2.75) is 13.5 Å². The Bertz CT molecular complexity index is 1090. The molecule has 3 aromatic carbocycles. The number of nitrogens with zero attached hydrogens (tertiary/aromatic N) is 3. The van der Waals surface area contributed by atoms with E-state index in [0.29, 0.717) is 0 Å². The van der Waals surface area contributed by atoms with Crippen LogP contribution in [0.2, 0.25) is 0 Å². The highest BCUT2D eigenvalue weighted by atomic mass is 16.5. The highest BCUT2D eigenvalue weighted by Crippen LogP contribution is 2.19. The summed E-state index contributed by atoms with van der Waals surface area (Å²) in [5.41, 5.74) is 4.54. The van der Waals surface area contributed by atoms with Crippen molar-refractivity contribution in [1.29, 1.82) is 0 Å². The molecule has 1 saturated heterocycles. The zero-order chi connectivity index (χ0) is 22.2. The van der Waals surface area contributed by atoms with Crippen LogP contribution in [0.5, 0.6) is 5.75 Å². The first-order valence-corrected chi connectivity index (χ1v) is 11.0. The van der Waals surface area contributed by atoms with Crippen LogP contribution >= 0.6 is 0 Å². The summed E-state index contributed by atoms with van der Waals surface area (Å²) in [5, 5.41) is 0. The number of piperazine rings is 1. The molecule has 4 nitrogen and oxygen atoms in total. The number of hydrogen-bond acceptors (Lipinski definition) is 3. The van der Waals surface area contributed by atoms with Crippen molar-refractivity contribution in [1.82, 2.24) is 9.80 Å². The number of amidine groups is 1. The lowest BCUT2D eigenvalue weighted by molar-refractivity contribution is 0.176. The van der Waals surface area contributed by atoms with Gasteiger partial charge < -0.3 is 9.64 Å². The summed E-state index contributed by atoms with van der Waals surface area (Å²) >= 11 is 0. The number of methoxy groups -OCH3 is 1. The second kappa shape index (κ2) is 10.7. The number of rotatable bonds is 4. The quantitative estimate of drug-likeness (QED) is 0.339. The van der Waals surface area contributed by atoms with E-state index in [0.717, 1.165) is 55.6 Å². The minimum atomic E-state index is 0.814. The highest BCUT2D eigenvalue weighted by Gasteiger charge is 2.19. The van der Waals surface area contributed by atoms with Gasteiger partial charge in [-0.2, -0.15) is 0 Å². The van der Waals surface area contributed by atoms with Gasteiger partial charge in [0.2, 0.25) is 0 Å². The van der Waals surface area contributed by atoms with Gasteiger partial charge in [-0.15, -0.1) is 0 Å². The van der Waals surface area contributed by atoms with Crippen LogP contribution in [0.15, 0.2) is 83.9 Å². The molecule has 0 amide bonds. The number of ether oxygens (including phenoxy) is 1. The van der Waals surface area contributed by atoms with E-state index in [2.05, 4.69) is 52.8 Å². The zero-order valence-electron chi connectivity index (χ0n) is 18.8. The molecule has 162 valence electrons. The van der Waals surface area contributed by atoms with Crippen molar-refractivity contribution >= 4 is 11.5 Å². The van der Waals surface area contributed by atoms with Crippen LogP contribution in [0.1, 0.15) is 16.7 Å². The first-order valence-electron chi connectivity index (χ1n) is 11.0. The minimum absolute atomic E-state index is 0.814. The molecule has 4 heteroatoms. The largest absolute Gasteiger partial charge is 0.497 e. The maximum absolute atomic E-state index is 5.27. The Morgan fingerprint density at radius 3 is 2.22 bits per heavy atom. The molecule has 1 heterocycles. The summed E-state index contributed by atoms with van der Waals surface area (Å²) in [6, 6.07) is 26.7. The molecule has 0 spiro atoms. The molecule has 1 aliphatic heterocycles. The third-order valence-electron chi connectivity index (χ3n) is 5.60. The Morgan fingerprint density at radius 1 is 0.875 bits per heavy atom. The molecular formula is C28H29N3O. The van der Waals surface area contributed by atoms with Crippen molar-refractivity contribution in [3.8, 4) is 17.6 Å². The van der Waals surface area contributed by atoms with Crippen molar-refractivity contribution in [2.24, 2.45) is 4.99 Å². The SMILES string of the molecule is COc1ccc(N=C(C#Cc2ccccc2)N2CCN(Cc3ccc(C)cc3)CC2)cc1. The maximum atomic E-state index is 5.27. The first kappa shape index (κ1) is 21.7. The van der Waals surface area contributed by atoms with Gasteiger partial charge in [-0.05, 0) is 54.8 Å². The first-order chi connectivity index (χ1) is 15.7. The lowest BCUT2D eigenvalue weighted by Gasteiger charge is -2.35. The van der Waals surface area contributed by atoms with E-state index in [1.165, 1.54) is 11.1 Å². The molecule has 0 radical (unpaired) electrons. The number of hydrogen-bond donors (Lipinski definition) is 0. The van der Waals surface area contributed by atoms with Crippen molar-refractivity contribution in [3.63, 3.8) is 0 Å². The van der Waals surface area contributed by atoms with E-state index >= 15 is 0 Å². The van der Waals surface area contributed by atoms with Crippen LogP contribution < -0.4 is 4.74 Å². The third kappa shape index (κ3) is 6.00. The van der Waals surface area contributed by atoms with Crippen LogP contribution in [0.3, 0.4) is 0 Å². The van der Waals surface area contributed by atoms with Crippen molar-refractivity contribution < 1.29 is 4.74 Å². The maximum Gasteiger partial charge on any atom is 0.182 e. The molecule has 0 atom stereocenters. The van der Waals surface area contributed by atoms with E-state index < -0.39 is 0 Å². The van der Waals surface area contributed by atoms with Gasteiger partial charge in [0.25, 0.3) is 0 Å². The molecule has 1 fully saturated rings. The molecule has 3 aromatic rings. The molecule has 0 aromatic heterocycles. The Labute approximate surface area is 191 Å². The molecule has 4 rings (SSSR count). The summed E-state index contributed by atoms with van der Waals surface area (Å²) in [5.74, 6) is 8.25. The van der Waals surface area contributed by atoms with Crippen LogP contribution in [-0.2, 0) is 6.54 Å². The van der Waals surface area contributed by atoms with E-state index in [1.807, 2.05) is 54.6 Å². The molecule has 0 saturated carbocycles. The van der Waals surface area contributed by atoms with Gasteiger partial charge in [0.15, 0.2) is 5.84 Å². The highest BCUT2D eigenvalue weighted by molar-refractivity contribution is 6.00. The lowest BCUT2D eigenvalue weighted by Crippen LogP contribution is -2.48. The van der Waals surface area contributed by atoms with E-state index in [-0.39, 0.29) is 0 Å². The fraction of sp³-hybridized carbons (Fsp3) is 0.250. The smallest absolute Gasteiger partial charge is 0.182 e. The average molecular weight is 424 g/mol. The number of benzene rings is 3. The fourth-order valence-electron chi connectivity index (χ4n) is 3.68. The van der Waals surface area contributed by atoms with Gasteiger partial charge in [0, 0.05) is 38.3 Å². The molecule has 32 heavy (non-hydrogen) atoms. The van der Waals surface area contributed by atoms with Gasteiger partial charge in [0.05, 0.1) is 12.8 Å². The van der Waals surface area contributed by atoms with Crippen LogP contribution in [0, 0.1) is 18.8 Å². The van der Waals surface area contributed by atoms with Crippen LogP contribution in [0.25, 0.3) is 0 Å². The van der Waals surface area contributed by atoms with Crippen molar-refractivity contribution in [2.75, 3.05) is 33.3 Å². The van der Waals surface area contributed by atoms with Gasteiger partial charge in [-0.3, -0.25) is 4.90 Å². The van der Waals surface area contributed by atoms with Gasteiger partial charge >= 0.3 is 0 Å². The normalized spacial score (nSPS) is 14.6. The summed E-state index contributed by atoms with van der Waals surface area (Å²) in [6.07, 6.45) is 0. The van der Waals surface area contributed by atoms with Gasteiger partial charge in [-0.25, -0.2) is 4.99 Å². The second-order valence-corrected chi connectivity index (χ2v) is 8.00. The Morgan fingerprint density at radius 2 is 1.56 bits per heavy atom. The van der Waals surface area contributed by atoms with E-state index in [9.17, 15) is 0 Å². The molecule has 0 unspecified atom stereocenters. The standard InChI is InChI=1S/C28H29N3O/c1-23-8-10-25(11-9-23)22-30-18-20-31(21-19-30)28(17-12-24-6-4-3-5-7-24)29-26-13-15-27(32-2)16-14-26/h3-11,13-16H,18-22H2,1-2H3. The lowest BCUT2D eigenvalue weighted by atomic mass is 10.1. The molecule has 1 aliphatic rings. The predicted molar refractivity (Wildman–Crippen MR) is 131 cm³/mol. The van der Waals surface area contributed by atoms with E-state index in [4.69, 9.17) is 9.73 Å². The summed E-state index contributed by atoms with van der Waals surface area (Å²) in [6.45, 7) is 6.90. The molecule has 0 aliphatic carbocycles. The van der Waals surface area contributed by atoms with Gasteiger partial charge in [0.1, 0.15) is 5.75 Å². The number of aryl methyl sites for hydroxylation is 1. The molecular weight excluding hydrogens is 394 g/mol. The number of aliphatic imine (C=N–C) groups is 1. The van der Waals surface area contributed by atoms with E-state index in [1.54, 1.807) is 7.11 Å². The Hall–Kier alpha value is -3.55. The molecule has 0 N–H and O–H groups in total. The fourth-order valence-corrected chi connectivity index (χ4v) is 3.68. The minimum Gasteiger partial charge on any atom is -0.497 e. The predicted octanol–water partition coefficient (Wildman–Crippen LogP) is 4.90. The summed E-state index contributed by atoms with van der Waals surface area (Å²) < 4.78 is 5.27. The Kier molecular flexibility index (Phi) is 7.22. The summed E-state index contributed by atoms with van der Waals surface area (Å²) in [4.78, 5) is 9.68.